The molecule has 2 aromatic rings. The number of tetrazole rings is 1. The molecular weight excluding hydrogens is 338 g/mol. The van der Waals surface area contributed by atoms with Crippen LogP contribution in [0.4, 0.5) is 5.95 Å². The second-order valence-corrected chi connectivity index (χ2v) is 5.61. The molecule has 0 aliphatic carbocycles. The summed E-state index contributed by atoms with van der Waals surface area (Å²) >= 11 is 0. The SMILES string of the molecule is CCOc1ccccc1C1C(C(=O)OCCOC)=C(C)Nc2nnnn21. The van der Waals surface area contributed by atoms with Crippen LogP contribution < -0.4 is 10.1 Å². The lowest BCUT2D eigenvalue weighted by molar-refractivity contribution is -0.140. The number of carbonyl (C=O) groups is 1. The lowest BCUT2D eigenvalue weighted by atomic mass is 9.95. The predicted molar refractivity (Wildman–Crippen MR) is 92.7 cm³/mol. The molecule has 1 aliphatic rings. The van der Waals surface area contributed by atoms with Crippen molar-refractivity contribution in [1.29, 1.82) is 0 Å². The number of esters is 1. The van der Waals surface area contributed by atoms with Gasteiger partial charge in [-0.05, 0) is 30.3 Å². The van der Waals surface area contributed by atoms with Crippen LogP contribution in [0.3, 0.4) is 0 Å². The van der Waals surface area contributed by atoms with Crippen molar-refractivity contribution in [3.05, 3.63) is 41.1 Å². The van der Waals surface area contributed by atoms with Crippen LogP contribution >= 0.6 is 0 Å². The number of methoxy groups -OCH3 is 1. The van der Waals surface area contributed by atoms with Gasteiger partial charge in [-0.2, -0.15) is 4.68 Å². The van der Waals surface area contributed by atoms with Gasteiger partial charge in [-0.15, -0.1) is 0 Å². The first-order valence-corrected chi connectivity index (χ1v) is 8.30. The summed E-state index contributed by atoms with van der Waals surface area (Å²) in [6, 6.07) is 6.95. The Bertz CT molecular complexity index is 817. The zero-order valence-electron chi connectivity index (χ0n) is 14.9. The number of allylic oxidation sites excluding steroid dienone is 1. The van der Waals surface area contributed by atoms with E-state index in [1.54, 1.807) is 18.7 Å². The maximum Gasteiger partial charge on any atom is 0.338 e. The molecule has 0 bridgehead atoms. The van der Waals surface area contributed by atoms with Gasteiger partial charge < -0.3 is 19.5 Å². The molecule has 0 saturated heterocycles. The van der Waals surface area contributed by atoms with E-state index < -0.39 is 12.0 Å². The predicted octanol–water partition coefficient (Wildman–Crippen LogP) is 1.55. The molecule has 138 valence electrons. The normalized spacial score (nSPS) is 16.0. The van der Waals surface area contributed by atoms with Crippen LogP contribution in [-0.2, 0) is 14.3 Å². The van der Waals surface area contributed by atoms with E-state index in [2.05, 4.69) is 20.8 Å². The molecule has 1 aliphatic heterocycles. The van der Waals surface area contributed by atoms with Crippen molar-refractivity contribution in [3.63, 3.8) is 0 Å². The minimum atomic E-state index is -0.556. The van der Waals surface area contributed by atoms with Crippen molar-refractivity contribution < 1.29 is 19.0 Å². The highest BCUT2D eigenvalue weighted by atomic mass is 16.6. The molecule has 3 rings (SSSR count). The Kier molecular flexibility index (Phi) is 5.47. The number of carbonyl (C=O) groups excluding carboxylic acids is 1. The number of rotatable bonds is 7. The van der Waals surface area contributed by atoms with E-state index in [1.807, 2.05) is 31.2 Å². The van der Waals surface area contributed by atoms with Gasteiger partial charge in [-0.25, -0.2) is 4.79 Å². The zero-order valence-corrected chi connectivity index (χ0v) is 14.9. The van der Waals surface area contributed by atoms with Gasteiger partial charge in [0.1, 0.15) is 18.4 Å². The number of fused-ring (bicyclic) bond motifs is 1. The second-order valence-electron chi connectivity index (χ2n) is 5.61. The number of hydrogen-bond donors (Lipinski definition) is 1. The summed E-state index contributed by atoms with van der Waals surface area (Å²) in [5.41, 5.74) is 1.83. The van der Waals surface area contributed by atoms with Crippen molar-refractivity contribution in [2.45, 2.75) is 19.9 Å². The maximum absolute atomic E-state index is 12.8. The van der Waals surface area contributed by atoms with Crippen LogP contribution in [0, 0.1) is 0 Å². The largest absolute Gasteiger partial charge is 0.494 e. The summed E-state index contributed by atoms with van der Waals surface area (Å²) in [4.78, 5) is 12.8. The minimum Gasteiger partial charge on any atom is -0.494 e. The van der Waals surface area contributed by atoms with Crippen LogP contribution in [-0.4, -0.2) is 53.1 Å². The molecule has 9 heteroatoms. The van der Waals surface area contributed by atoms with Gasteiger partial charge >= 0.3 is 5.97 Å². The van der Waals surface area contributed by atoms with E-state index in [4.69, 9.17) is 14.2 Å². The van der Waals surface area contributed by atoms with E-state index >= 15 is 0 Å². The molecule has 1 aromatic carbocycles. The van der Waals surface area contributed by atoms with Crippen LogP contribution in [0.2, 0.25) is 0 Å². The van der Waals surface area contributed by atoms with Crippen molar-refractivity contribution in [3.8, 4) is 5.75 Å². The molecule has 2 heterocycles. The molecule has 0 fully saturated rings. The molecule has 26 heavy (non-hydrogen) atoms. The molecule has 1 N–H and O–H groups in total. The summed E-state index contributed by atoms with van der Waals surface area (Å²) in [5, 5.41) is 14.8. The first-order valence-electron chi connectivity index (χ1n) is 8.30. The highest BCUT2D eigenvalue weighted by Gasteiger charge is 2.36. The number of aromatic nitrogens is 4. The third kappa shape index (κ3) is 3.38. The summed E-state index contributed by atoms with van der Waals surface area (Å²) < 4.78 is 17.6. The summed E-state index contributed by atoms with van der Waals surface area (Å²) in [5.74, 6) is 0.662. The smallest absolute Gasteiger partial charge is 0.338 e. The number of nitrogens with one attached hydrogen (secondary N) is 1. The van der Waals surface area contributed by atoms with E-state index in [1.165, 1.54) is 0 Å². The monoisotopic (exact) mass is 359 g/mol. The Hall–Kier alpha value is -2.94. The van der Waals surface area contributed by atoms with Crippen LogP contribution in [0.1, 0.15) is 25.5 Å². The highest BCUT2D eigenvalue weighted by molar-refractivity contribution is 5.92. The number of benzene rings is 1. The quantitative estimate of drug-likeness (QED) is 0.587. The highest BCUT2D eigenvalue weighted by Crippen LogP contribution is 2.38. The number of nitrogens with zero attached hydrogens (tertiary/aromatic N) is 4. The van der Waals surface area contributed by atoms with E-state index in [0.717, 1.165) is 5.56 Å². The molecule has 0 saturated carbocycles. The first kappa shape index (κ1) is 17.9. The summed E-state index contributed by atoms with van der Waals surface area (Å²) in [6.07, 6.45) is 0. The van der Waals surface area contributed by atoms with Gasteiger partial charge in [0.2, 0.25) is 5.95 Å². The molecule has 0 spiro atoms. The number of hydrogen-bond acceptors (Lipinski definition) is 8. The van der Waals surface area contributed by atoms with Crippen LogP contribution in [0.25, 0.3) is 0 Å². The third-order valence-corrected chi connectivity index (χ3v) is 3.97. The molecular formula is C17H21N5O4. The minimum absolute atomic E-state index is 0.161. The maximum atomic E-state index is 12.8. The summed E-state index contributed by atoms with van der Waals surface area (Å²) in [6.45, 7) is 4.68. The van der Waals surface area contributed by atoms with Gasteiger partial charge in [-0.1, -0.05) is 23.3 Å². The van der Waals surface area contributed by atoms with Crippen LogP contribution in [0.5, 0.6) is 5.75 Å². The molecule has 1 atom stereocenters. The van der Waals surface area contributed by atoms with Gasteiger partial charge in [0, 0.05) is 18.4 Å². The van der Waals surface area contributed by atoms with Gasteiger partial charge in [0.25, 0.3) is 0 Å². The number of para-hydroxylation sites is 1. The Morgan fingerprint density at radius 3 is 2.88 bits per heavy atom. The van der Waals surface area contributed by atoms with E-state index in [9.17, 15) is 4.79 Å². The standard InChI is InChI=1S/C17H21N5O4/c1-4-25-13-8-6-5-7-12(13)15-14(16(23)26-10-9-24-3)11(2)18-17-19-20-21-22(15)17/h5-8,15H,4,9-10H2,1-3H3,(H,18,19,21). The Balaban J connectivity index is 2.05. The fraction of sp³-hybridized carbons (Fsp3) is 0.412. The van der Waals surface area contributed by atoms with Gasteiger partial charge in [0.05, 0.1) is 18.8 Å². The van der Waals surface area contributed by atoms with Crippen molar-refractivity contribution >= 4 is 11.9 Å². The molecule has 0 radical (unpaired) electrons. The van der Waals surface area contributed by atoms with E-state index in [-0.39, 0.29) is 6.61 Å². The summed E-state index contributed by atoms with van der Waals surface area (Å²) in [7, 11) is 1.55. The molecule has 9 nitrogen and oxygen atoms in total. The molecule has 1 aromatic heterocycles. The van der Waals surface area contributed by atoms with Crippen molar-refractivity contribution in [2.24, 2.45) is 0 Å². The fourth-order valence-corrected chi connectivity index (χ4v) is 2.85. The molecule has 1 unspecified atom stereocenters. The topological polar surface area (TPSA) is 100 Å². The Morgan fingerprint density at radius 1 is 1.31 bits per heavy atom. The third-order valence-electron chi connectivity index (χ3n) is 3.97. The lowest BCUT2D eigenvalue weighted by Crippen LogP contribution is -2.30. The fourth-order valence-electron chi connectivity index (χ4n) is 2.85. The Morgan fingerprint density at radius 2 is 2.12 bits per heavy atom. The van der Waals surface area contributed by atoms with E-state index in [0.29, 0.717) is 36.2 Å². The number of ether oxygens (including phenoxy) is 3. The first-order chi connectivity index (χ1) is 12.7. The molecule has 0 amide bonds. The average Bonchev–Trinajstić information content (AvgIpc) is 3.09. The zero-order chi connectivity index (χ0) is 18.5. The second kappa shape index (κ2) is 7.96. The van der Waals surface area contributed by atoms with Crippen LogP contribution in [0.15, 0.2) is 35.5 Å². The van der Waals surface area contributed by atoms with Crippen molar-refractivity contribution in [2.75, 3.05) is 32.2 Å². The number of anilines is 1. The van der Waals surface area contributed by atoms with Crippen molar-refractivity contribution in [1.82, 2.24) is 20.2 Å². The lowest BCUT2D eigenvalue weighted by Gasteiger charge is -2.28. The average molecular weight is 359 g/mol. The van der Waals surface area contributed by atoms with Gasteiger partial charge in [0.15, 0.2) is 0 Å². The Labute approximate surface area is 150 Å². The van der Waals surface area contributed by atoms with Gasteiger partial charge in [-0.3, -0.25) is 0 Å².